The topological polar surface area (TPSA) is 61.0 Å². The maximum atomic E-state index is 11.3. The smallest absolute Gasteiger partial charge is 0.317 e. The second-order valence-corrected chi connectivity index (χ2v) is 3.08. The summed E-state index contributed by atoms with van der Waals surface area (Å²) in [4.78, 5) is 13.1. The van der Waals surface area contributed by atoms with Crippen LogP contribution in [-0.2, 0) is 6.54 Å². The van der Waals surface area contributed by atoms with Crippen LogP contribution in [0.25, 0.3) is 0 Å². The molecule has 2 heterocycles. The summed E-state index contributed by atoms with van der Waals surface area (Å²) in [6, 6.07) is 1.86. The van der Waals surface area contributed by atoms with Gasteiger partial charge >= 0.3 is 6.03 Å². The molecule has 0 aromatic carbocycles. The standard InChI is InChI=1S/C8H12N4O/c13-8(12-4-1-5-12)9-6-7-2-3-10-11-7/h2-3H,1,4-6H2,(H,9,13)(H,10,11). The number of amides is 2. The maximum Gasteiger partial charge on any atom is 0.317 e. The number of carbonyl (C=O) groups is 1. The van der Waals surface area contributed by atoms with Crippen LogP contribution in [0, 0.1) is 0 Å². The molecule has 0 radical (unpaired) electrons. The van der Waals surface area contributed by atoms with Gasteiger partial charge in [0, 0.05) is 19.3 Å². The highest BCUT2D eigenvalue weighted by atomic mass is 16.2. The van der Waals surface area contributed by atoms with Gasteiger partial charge in [0.15, 0.2) is 0 Å². The zero-order valence-electron chi connectivity index (χ0n) is 7.29. The van der Waals surface area contributed by atoms with Crippen molar-refractivity contribution in [3.63, 3.8) is 0 Å². The summed E-state index contributed by atoms with van der Waals surface area (Å²) in [6.07, 6.45) is 2.79. The fourth-order valence-corrected chi connectivity index (χ4v) is 1.19. The van der Waals surface area contributed by atoms with Gasteiger partial charge < -0.3 is 10.2 Å². The third-order valence-electron chi connectivity index (χ3n) is 2.13. The van der Waals surface area contributed by atoms with Gasteiger partial charge in [-0.2, -0.15) is 5.10 Å². The van der Waals surface area contributed by atoms with Gasteiger partial charge in [-0.15, -0.1) is 0 Å². The number of urea groups is 1. The first-order chi connectivity index (χ1) is 6.36. The molecule has 13 heavy (non-hydrogen) atoms. The van der Waals surface area contributed by atoms with Crippen LogP contribution in [0.5, 0.6) is 0 Å². The van der Waals surface area contributed by atoms with E-state index in [1.54, 1.807) is 11.1 Å². The van der Waals surface area contributed by atoms with Crippen molar-refractivity contribution in [1.29, 1.82) is 0 Å². The Bertz CT molecular complexity index is 278. The van der Waals surface area contributed by atoms with Crippen molar-refractivity contribution >= 4 is 6.03 Å². The normalized spacial score (nSPS) is 15.2. The Morgan fingerprint density at radius 1 is 1.69 bits per heavy atom. The minimum atomic E-state index is 0.0147. The summed E-state index contributed by atoms with van der Waals surface area (Å²) in [5.74, 6) is 0. The third-order valence-corrected chi connectivity index (χ3v) is 2.13. The number of hydrogen-bond donors (Lipinski definition) is 2. The molecule has 5 nitrogen and oxygen atoms in total. The number of H-pyrrole nitrogens is 1. The van der Waals surface area contributed by atoms with Crippen LogP contribution >= 0.6 is 0 Å². The fourth-order valence-electron chi connectivity index (χ4n) is 1.19. The molecule has 5 heteroatoms. The summed E-state index contributed by atoms with van der Waals surface area (Å²) in [7, 11) is 0. The molecule has 0 unspecified atom stereocenters. The highest BCUT2D eigenvalue weighted by Crippen LogP contribution is 2.05. The highest BCUT2D eigenvalue weighted by molar-refractivity contribution is 5.74. The molecule has 2 N–H and O–H groups in total. The molecule has 0 spiro atoms. The van der Waals surface area contributed by atoms with Crippen molar-refractivity contribution in [3.05, 3.63) is 18.0 Å². The van der Waals surface area contributed by atoms with E-state index in [-0.39, 0.29) is 6.03 Å². The summed E-state index contributed by atoms with van der Waals surface area (Å²) in [5.41, 5.74) is 0.925. The Balaban J connectivity index is 1.76. The molecule has 0 bridgehead atoms. The highest BCUT2D eigenvalue weighted by Gasteiger charge is 2.19. The summed E-state index contributed by atoms with van der Waals surface area (Å²) >= 11 is 0. The maximum absolute atomic E-state index is 11.3. The molecule has 1 aliphatic heterocycles. The summed E-state index contributed by atoms with van der Waals surface area (Å²) in [5, 5.41) is 9.38. The molecule has 1 fully saturated rings. The lowest BCUT2D eigenvalue weighted by Crippen LogP contribution is -2.47. The molecule has 70 valence electrons. The minimum absolute atomic E-state index is 0.0147. The van der Waals surface area contributed by atoms with Gasteiger partial charge in [-0.05, 0) is 12.5 Å². The van der Waals surface area contributed by atoms with Crippen molar-refractivity contribution in [1.82, 2.24) is 20.4 Å². The van der Waals surface area contributed by atoms with E-state index in [1.807, 2.05) is 6.07 Å². The lowest BCUT2D eigenvalue weighted by molar-refractivity contribution is 0.167. The predicted molar refractivity (Wildman–Crippen MR) is 47.0 cm³/mol. The Hall–Kier alpha value is -1.52. The van der Waals surface area contributed by atoms with E-state index in [0.717, 1.165) is 25.2 Å². The van der Waals surface area contributed by atoms with Crippen LogP contribution in [0.4, 0.5) is 4.79 Å². The Morgan fingerprint density at radius 3 is 3.08 bits per heavy atom. The van der Waals surface area contributed by atoms with E-state index in [1.165, 1.54) is 0 Å². The molecule has 0 saturated carbocycles. The van der Waals surface area contributed by atoms with Crippen molar-refractivity contribution in [2.45, 2.75) is 13.0 Å². The first kappa shape index (κ1) is 8.10. The van der Waals surface area contributed by atoms with Crippen molar-refractivity contribution in [3.8, 4) is 0 Å². The van der Waals surface area contributed by atoms with E-state index >= 15 is 0 Å². The van der Waals surface area contributed by atoms with Crippen LogP contribution in [0.3, 0.4) is 0 Å². The van der Waals surface area contributed by atoms with E-state index < -0.39 is 0 Å². The number of nitrogens with zero attached hydrogens (tertiary/aromatic N) is 2. The summed E-state index contributed by atoms with van der Waals surface area (Å²) in [6.45, 7) is 2.29. The van der Waals surface area contributed by atoms with Gasteiger partial charge in [-0.3, -0.25) is 5.10 Å². The van der Waals surface area contributed by atoms with E-state index in [9.17, 15) is 4.79 Å². The van der Waals surface area contributed by atoms with Crippen LogP contribution in [0.2, 0.25) is 0 Å². The van der Waals surface area contributed by atoms with Gasteiger partial charge in [-0.1, -0.05) is 0 Å². The summed E-state index contributed by atoms with van der Waals surface area (Å²) < 4.78 is 0. The molecular weight excluding hydrogens is 168 g/mol. The molecule has 2 amide bonds. The van der Waals surface area contributed by atoms with Crippen LogP contribution in [0.15, 0.2) is 12.3 Å². The lowest BCUT2D eigenvalue weighted by atomic mass is 10.2. The van der Waals surface area contributed by atoms with E-state index in [0.29, 0.717) is 6.54 Å². The van der Waals surface area contributed by atoms with Crippen LogP contribution in [0.1, 0.15) is 12.1 Å². The molecule has 2 rings (SSSR count). The van der Waals surface area contributed by atoms with Crippen molar-refractivity contribution in [2.24, 2.45) is 0 Å². The molecular formula is C8H12N4O. The molecule has 1 saturated heterocycles. The quantitative estimate of drug-likeness (QED) is 0.688. The number of nitrogens with one attached hydrogen (secondary N) is 2. The zero-order valence-corrected chi connectivity index (χ0v) is 7.29. The van der Waals surface area contributed by atoms with Crippen molar-refractivity contribution < 1.29 is 4.79 Å². The van der Waals surface area contributed by atoms with Crippen LogP contribution < -0.4 is 5.32 Å². The molecule has 1 aromatic heterocycles. The second kappa shape index (κ2) is 3.47. The Morgan fingerprint density at radius 2 is 2.54 bits per heavy atom. The monoisotopic (exact) mass is 180 g/mol. The molecule has 0 aliphatic carbocycles. The van der Waals surface area contributed by atoms with Gasteiger partial charge in [0.2, 0.25) is 0 Å². The average molecular weight is 180 g/mol. The molecule has 1 aliphatic rings. The predicted octanol–water partition coefficient (Wildman–Crippen LogP) is 0.325. The van der Waals surface area contributed by atoms with E-state index in [2.05, 4.69) is 15.5 Å². The number of hydrogen-bond acceptors (Lipinski definition) is 2. The SMILES string of the molecule is O=C(NCc1ccn[nH]1)N1CCC1. The second-order valence-electron chi connectivity index (χ2n) is 3.08. The van der Waals surface area contributed by atoms with Crippen LogP contribution in [-0.4, -0.2) is 34.2 Å². The average Bonchev–Trinajstić information content (AvgIpc) is 2.49. The Labute approximate surface area is 76.1 Å². The first-order valence-corrected chi connectivity index (χ1v) is 4.37. The molecule has 0 atom stereocenters. The number of aromatic amines is 1. The number of rotatable bonds is 2. The lowest BCUT2D eigenvalue weighted by Gasteiger charge is -2.30. The first-order valence-electron chi connectivity index (χ1n) is 4.37. The molecule has 1 aromatic rings. The number of aromatic nitrogens is 2. The largest absolute Gasteiger partial charge is 0.332 e. The number of likely N-dealkylation sites (tertiary alicyclic amines) is 1. The van der Waals surface area contributed by atoms with Gasteiger partial charge in [-0.25, -0.2) is 4.79 Å². The zero-order chi connectivity index (χ0) is 9.10. The van der Waals surface area contributed by atoms with Gasteiger partial charge in [0.05, 0.1) is 12.2 Å². The third kappa shape index (κ3) is 1.80. The van der Waals surface area contributed by atoms with Crippen molar-refractivity contribution in [2.75, 3.05) is 13.1 Å². The number of carbonyl (C=O) groups excluding carboxylic acids is 1. The van der Waals surface area contributed by atoms with E-state index in [4.69, 9.17) is 0 Å². The fraction of sp³-hybridized carbons (Fsp3) is 0.500. The minimum Gasteiger partial charge on any atom is -0.332 e. The van der Waals surface area contributed by atoms with Gasteiger partial charge in [0.25, 0.3) is 0 Å². The Kier molecular flexibility index (Phi) is 2.16. The van der Waals surface area contributed by atoms with Gasteiger partial charge in [0.1, 0.15) is 0 Å².